The Morgan fingerprint density at radius 2 is 1.70 bits per heavy atom. The van der Waals surface area contributed by atoms with Crippen LogP contribution >= 0.6 is 0 Å². The third kappa shape index (κ3) is 7.08. The van der Waals surface area contributed by atoms with Crippen molar-refractivity contribution in [1.82, 2.24) is 5.32 Å². The number of rotatable bonds is 8. The standard InChI is InChI=1S/C18H22N4O4S/c1-13(23)22-16-4-2-3-15(11-16)21-12-18(24)20-10-9-14-5-7-17(8-6-14)27(19,25)26/h2-8,11,21H,9-10,12H2,1H3,(H,20,24)(H,22,23)(H2,19,25,26). The van der Waals surface area contributed by atoms with E-state index in [-0.39, 0.29) is 23.3 Å². The number of hydrogen-bond donors (Lipinski definition) is 4. The van der Waals surface area contributed by atoms with E-state index in [0.717, 1.165) is 11.3 Å². The maximum absolute atomic E-state index is 11.9. The lowest BCUT2D eigenvalue weighted by Crippen LogP contribution is -2.31. The smallest absolute Gasteiger partial charge is 0.239 e. The molecule has 0 fully saturated rings. The Morgan fingerprint density at radius 3 is 2.33 bits per heavy atom. The molecular weight excluding hydrogens is 368 g/mol. The quantitative estimate of drug-likeness (QED) is 0.535. The van der Waals surface area contributed by atoms with E-state index in [9.17, 15) is 18.0 Å². The van der Waals surface area contributed by atoms with Gasteiger partial charge in [-0.15, -0.1) is 0 Å². The summed E-state index contributed by atoms with van der Waals surface area (Å²) in [6.45, 7) is 1.94. The number of nitrogens with one attached hydrogen (secondary N) is 3. The van der Waals surface area contributed by atoms with Gasteiger partial charge in [-0.3, -0.25) is 9.59 Å². The van der Waals surface area contributed by atoms with Gasteiger partial charge < -0.3 is 16.0 Å². The number of anilines is 2. The van der Waals surface area contributed by atoms with Crippen LogP contribution in [-0.2, 0) is 26.0 Å². The second-order valence-corrected chi connectivity index (χ2v) is 7.47. The van der Waals surface area contributed by atoms with Crippen molar-refractivity contribution in [3.63, 3.8) is 0 Å². The minimum atomic E-state index is -3.70. The van der Waals surface area contributed by atoms with Crippen LogP contribution in [-0.4, -0.2) is 33.3 Å². The van der Waals surface area contributed by atoms with Crippen LogP contribution in [0.5, 0.6) is 0 Å². The maximum atomic E-state index is 11.9. The van der Waals surface area contributed by atoms with Gasteiger partial charge in [0, 0.05) is 24.8 Å². The van der Waals surface area contributed by atoms with Crippen LogP contribution in [0.25, 0.3) is 0 Å². The highest BCUT2D eigenvalue weighted by Gasteiger charge is 2.07. The molecule has 0 aliphatic rings. The fourth-order valence-electron chi connectivity index (χ4n) is 2.35. The van der Waals surface area contributed by atoms with E-state index in [1.165, 1.54) is 19.1 Å². The summed E-state index contributed by atoms with van der Waals surface area (Å²) in [7, 11) is -3.70. The first-order chi connectivity index (χ1) is 12.7. The van der Waals surface area contributed by atoms with Gasteiger partial charge >= 0.3 is 0 Å². The zero-order valence-corrected chi connectivity index (χ0v) is 15.7. The Bertz CT molecular complexity index is 911. The summed E-state index contributed by atoms with van der Waals surface area (Å²) in [5, 5.41) is 13.5. The molecule has 0 heterocycles. The number of hydrogen-bond acceptors (Lipinski definition) is 5. The zero-order chi connectivity index (χ0) is 19.9. The van der Waals surface area contributed by atoms with E-state index in [0.29, 0.717) is 18.7 Å². The van der Waals surface area contributed by atoms with E-state index in [1.807, 2.05) is 0 Å². The van der Waals surface area contributed by atoms with Gasteiger partial charge in [0.25, 0.3) is 0 Å². The number of benzene rings is 2. The van der Waals surface area contributed by atoms with Gasteiger partial charge in [-0.2, -0.15) is 0 Å². The van der Waals surface area contributed by atoms with Crippen LogP contribution in [0, 0.1) is 0 Å². The summed E-state index contributed by atoms with van der Waals surface area (Å²) in [6, 6.07) is 13.3. The number of carbonyl (C=O) groups is 2. The van der Waals surface area contributed by atoms with E-state index in [2.05, 4.69) is 16.0 Å². The summed E-state index contributed by atoms with van der Waals surface area (Å²) in [5.74, 6) is -0.344. The van der Waals surface area contributed by atoms with Crippen LogP contribution < -0.4 is 21.1 Å². The summed E-state index contributed by atoms with van der Waals surface area (Å²) < 4.78 is 22.4. The lowest BCUT2D eigenvalue weighted by Gasteiger charge is -2.10. The summed E-state index contributed by atoms with van der Waals surface area (Å²) in [4.78, 5) is 23.0. The Morgan fingerprint density at radius 1 is 1.04 bits per heavy atom. The van der Waals surface area contributed by atoms with E-state index >= 15 is 0 Å². The Kier molecular flexibility index (Phi) is 6.91. The molecule has 0 atom stereocenters. The van der Waals surface area contributed by atoms with Crippen molar-refractivity contribution in [3.8, 4) is 0 Å². The summed E-state index contributed by atoms with van der Waals surface area (Å²) >= 11 is 0. The van der Waals surface area contributed by atoms with E-state index in [1.54, 1.807) is 36.4 Å². The Balaban J connectivity index is 1.76. The monoisotopic (exact) mass is 390 g/mol. The lowest BCUT2D eigenvalue weighted by molar-refractivity contribution is -0.119. The van der Waals surface area contributed by atoms with Crippen molar-refractivity contribution in [1.29, 1.82) is 0 Å². The maximum Gasteiger partial charge on any atom is 0.239 e. The molecule has 0 aromatic heterocycles. The normalized spacial score (nSPS) is 10.9. The highest BCUT2D eigenvalue weighted by atomic mass is 32.2. The van der Waals surface area contributed by atoms with Gasteiger partial charge in [-0.25, -0.2) is 13.6 Å². The van der Waals surface area contributed by atoms with Crippen LogP contribution in [0.1, 0.15) is 12.5 Å². The highest BCUT2D eigenvalue weighted by molar-refractivity contribution is 7.89. The largest absolute Gasteiger partial charge is 0.376 e. The van der Waals surface area contributed by atoms with Crippen molar-refractivity contribution in [2.24, 2.45) is 5.14 Å². The van der Waals surface area contributed by atoms with Gasteiger partial charge in [0.2, 0.25) is 21.8 Å². The minimum absolute atomic E-state index is 0.0565. The number of amides is 2. The summed E-state index contributed by atoms with van der Waals surface area (Å²) in [5.41, 5.74) is 2.25. The summed E-state index contributed by atoms with van der Waals surface area (Å²) in [6.07, 6.45) is 0.564. The molecule has 144 valence electrons. The zero-order valence-electron chi connectivity index (χ0n) is 14.9. The first-order valence-corrected chi connectivity index (χ1v) is 9.78. The van der Waals surface area contributed by atoms with Gasteiger partial charge in [0.15, 0.2) is 0 Å². The Hall–Kier alpha value is -2.91. The molecule has 0 unspecified atom stereocenters. The van der Waals surface area contributed by atoms with Crippen LogP contribution in [0.4, 0.5) is 11.4 Å². The molecule has 0 aliphatic carbocycles. The number of nitrogens with two attached hydrogens (primary N) is 1. The van der Waals surface area contributed by atoms with Gasteiger partial charge in [-0.05, 0) is 42.3 Å². The van der Waals surface area contributed by atoms with Gasteiger partial charge in [-0.1, -0.05) is 18.2 Å². The first-order valence-electron chi connectivity index (χ1n) is 8.24. The molecule has 9 heteroatoms. The molecule has 8 nitrogen and oxygen atoms in total. The van der Waals surface area contributed by atoms with Crippen molar-refractivity contribution in [2.75, 3.05) is 23.7 Å². The second kappa shape index (κ2) is 9.15. The van der Waals surface area contributed by atoms with Crippen molar-refractivity contribution in [3.05, 3.63) is 54.1 Å². The highest BCUT2D eigenvalue weighted by Crippen LogP contribution is 2.14. The third-order valence-corrected chi connectivity index (χ3v) is 4.55. The molecule has 27 heavy (non-hydrogen) atoms. The van der Waals surface area contributed by atoms with E-state index in [4.69, 9.17) is 5.14 Å². The average molecular weight is 390 g/mol. The van der Waals surface area contributed by atoms with Gasteiger partial charge in [0.05, 0.1) is 11.4 Å². The average Bonchev–Trinajstić information content (AvgIpc) is 2.59. The molecule has 0 bridgehead atoms. The molecule has 0 saturated carbocycles. The molecule has 2 aromatic rings. The van der Waals surface area contributed by atoms with Crippen LogP contribution in [0.2, 0.25) is 0 Å². The molecule has 0 saturated heterocycles. The number of primary sulfonamides is 1. The number of carbonyl (C=O) groups excluding carboxylic acids is 2. The minimum Gasteiger partial charge on any atom is -0.376 e. The molecule has 2 rings (SSSR count). The van der Waals surface area contributed by atoms with Crippen molar-refractivity contribution >= 4 is 33.2 Å². The molecule has 0 spiro atoms. The SMILES string of the molecule is CC(=O)Nc1cccc(NCC(=O)NCCc2ccc(S(N)(=O)=O)cc2)c1. The van der Waals surface area contributed by atoms with Crippen molar-refractivity contribution < 1.29 is 18.0 Å². The van der Waals surface area contributed by atoms with E-state index < -0.39 is 10.0 Å². The predicted molar refractivity (Wildman–Crippen MR) is 104 cm³/mol. The molecule has 2 amide bonds. The lowest BCUT2D eigenvalue weighted by atomic mass is 10.1. The topological polar surface area (TPSA) is 130 Å². The second-order valence-electron chi connectivity index (χ2n) is 5.90. The molecule has 2 aromatic carbocycles. The fourth-order valence-corrected chi connectivity index (χ4v) is 2.86. The molecule has 0 radical (unpaired) electrons. The molecule has 5 N–H and O–H groups in total. The van der Waals surface area contributed by atoms with Crippen LogP contribution in [0.3, 0.4) is 0 Å². The van der Waals surface area contributed by atoms with Crippen LogP contribution in [0.15, 0.2) is 53.4 Å². The first kappa shape index (κ1) is 20.4. The molecular formula is C18H22N4O4S. The molecule has 0 aliphatic heterocycles. The fraction of sp³-hybridized carbons (Fsp3) is 0.222. The predicted octanol–water partition coefficient (Wildman–Crippen LogP) is 1.06. The number of sulfonamides is 1. The Labute approximate surface area is 158 Å². The third-order valence-electron chi connectivity index (χ3n) is 3.62. The van der Waals surface area contributed by atoms with Gasteiger partial charge in [0.1, 0.15) is 0 Å². The van der Waals surface area contributed by atoms with Crippen molar-refractivity contribution in [2.45, 2.75) is 18.2 Å².